The lowest BCUT2D eigenvalue weighted by Crippen LogP contribution is -2.41. The molecule has 1 aliphatic rings. The van der Waals surface area contributed by atoms with Crippen molar-refractivity contribution in [2.24, 2.45) is 0 Å². The van der Waals surface area contributed by atoms with E-state index in [0.717, 1.165) is 0 Å². The summed E-state index contributed by atoms with van der Waals surface area (Å²) < 4.78 is 10.5. The maximum absolute atomic E-state index is 12.6. The first-order valence-corrected chi connectivity index (χ1v) is 8.38. The van der Waals surface area contributed by atoms with E-state index in [-0.39, 0.29) is 24.1 Å². The van der Waals surface area contributed by atoms with Gasteiger partial charge in [-0.05, 0) is 47.1 Å². The van der Waals surface area contributed by atoms with Gasteiger partial charge in [-0.2, -0.15) is 0 Å². The van der Waals surface area contributed by atoms with Gasteiger partial charge in [-0.15, -0.1) is 0 Å². The Balaban J connectivity index is 1.76. The molecular weight excluding hydrogens is 392 g/mol. The molecule has 0 aliphatic carbocycles. The second-order valence-electron chi connectivity index (χ2n) is 5.56. The maximum atomic E-state index is 12.6. The number of para-hydroxylation sites is 2. The topological polar surface area (TPSA) is 88.9 Å². The molecule has 0 unspecified atom stereocenters. The molecule has 0 radical (unpaired) electrons. The molecular formula is C17H15BrN2O5. The third-order valence-electron chi connectivity index (χ3n) is 3.73. The van der Waals surface area contributed by atoms with E-state index in [1.54, 1.807) is 37.3 Å². The first-order valence-electron chi connectivity index (χ1n) is 7.59. The predicted molar refractivity (Wildman–Crippen MR) is 93.3 cm³/mol. The number of benzene rings is 1. The summed E-state index contributed by atoms with van der Waals surface area (Å²) in [5.41, 5.74) is 1.12. The molecule has 1 aliphatic heterocycles. The molecule has 2 amide bonds. The fourth-order valence-corrected chi connectivity index (χ4v) is 2.97. The van der Waals surface area contributed by atoms with E-state index < -0.39 is 18.5 Å². The van der Waals surface area contributed by atoms with Crippen LogP contribution >= 0.6 is 15.9 Å². The van der Waals surface area contributed by atoms with Crippen LogP contribution in [0, 0.1) is 0 Å². The number of halogens is 1. The fraction of sp³-hybridized carbons (Fsp3) is 0.235. The molecule has 0 saturated carbocycles. The number of anilines is 2. The van der Waals surface area contributed by atoms with Crippen LogP contribution in [0.1, 0.15) is 23.9 Å². The number of fused-ring (bicyclic) bond motifs is 1. The zero-order valence-electron chi connectivity index (χ0n) is 13.3. The van der Waals surface area contributed by atoms with Crippen LogP contribution < -0.4 is 10.2 Å². The highest BCUT2D eigenvalue weighted by molar-refractivity contribution is 9.10. The van der Waals surface area contributed by atoms with Gasteiger partial charge >= 0.3 is 5.97 Å². The lowest BCUT2D eigenvalue weighted by Gasteiger charge is -2.27. The number of nitrogens with one attached hydrogen (secondary N) is 1. The van der Waals surface area contributed by atoms with Crippen molar-refractivity contribution >= 4 is 45.1 Å². The second-order valence-corrected chi connectivity index (χ2v) is 6.34. The molecule has 3 rings (SSSR count). The Morgan fingerprint density at radius 1 is 1.32 bits per heavy atom. The minimum Gasteiger partial charge on any atom is -0.450 e. The Labute approximate surface area is 152 Å². The van der Waals surface area contributed by atoms with Crippen molar-refractivity contribution in [3.63, 3.8) is 0 Å². The molecule has 130 valence electrons. The van der Waals surface area contributed by atoms with Crippen molar-refractivity contribution in [2.75, 3.05) is 16.8 Å². The molecule has 1 N–H and O–H groups in total. The van der Waals surface area contributed by atoms with Gasteiger partial charge in [-0.25, -0.2) is 4.79 Å². The van der Waals surface area contributed by atoms with Crippen molar-refractivity contribution < 1.29 is 23.5 Å². The Hall–Kier alpha value is -2.61. The second kappa shape index (κ2) is 7.10. The minimum absolute atomic E-state index is 0.000773. The first-order chi connectivity index (χ1) is 12.0. The lowest BCUT2D eigenvalue weighted by molar-refractivity contribution is -0.122. The van der Waals surface area contributed by atoms with Gasteiger partial charge < -0.3 is 19.4 Å². The van der Waals surface area contributed by atoms with Gasteiger partial charge in [-0.1, -0.05) is 12.1 Å². The van der Waals surface area contributed by atoms with Crippen molar-refractivity contribution in [3.05, 3.63) is 46.8 Å². The Morgan fingerprint density at radius 2 is 2.08 bits per heavy atom. The average molecular weight is 407 g/mol. The Morgan fingerprint density at radius 3 is 2.80 bits per heavy atom. The van der Waals surface area contributed by atoms with E-state index in [4.69, 9.17) is 9.15 Å². The van der Waals surface area contributed by atoms with Crippen LogP contribution in [-0.4, -0.2) is 30.4 Å². The summed E-state index contributed by atoms with van der Waals surface area (Å²) in [5, 5.41) is 2.77. The van der Waals surface area contributed by atoms with E-state index in [1.165, 1.54) is 11.0 Å². The van der Waals surface area contributed by atoms with E-state index in [9.17, 15) is 14.4 Å². The normalized spacial score (nSPS) is 16.6. The van der Waals surface area contributed by atoms with Crippen LogP contribution in [0.3, 0.4) is 0 Å². The first kappa shape index (κ1) is 17.2. The van der Waals surface area contributed by atoms with E-state index in [0.29, 0.717) is 16.0 Å². The molecule has 0 fully saturated rings. The molecule has 2 heterocycles. The summed E-state index contributed by atoms with van der Waals surface area (Å²) in [5.74, 6) is -1.33. The summed E-state index contributed by atoms with van der Waals surface area (Å²) in [4.78, 5) is 38.0. The number of hydrogen-bond acceptors (Lipinski definition) is 5. The number of carbonyl (C=O) groups excluding carboxylic acids is 3. The van der Waals surface area contributed by atoms with Crippen molar-refractivity contribution in [1.82, 2.24) is 0 Å². The molecule has 2 aromatic rings. The molecule has 0 spiro atoms. The highest BCUT2D eigenvalue weighted by Gasteiger charge is 2.30. The number of ether oxygens (including phenoxy) is 1. The van der Waals surface area contributed by atoms with Gasteiger partial charge in [0.15, 0.2) is 11.3 Å². The van der Waals surface area contributed by atoms with E-state index >= 15 is 0 Å². The van der Waals surface area contributed by atoms with Crippen molar-refractivity contribution in [1.29, 1.82) is 0 Å². The zero-order chi connectivity index (χ0) is 18.0. The number of furan rings is 1. The van der Waals surface area contributed by atoms with Crippen molar-refractivity contribution in [2.45, 2.75) is 19.4 Å². The molecule has 8 heteroatoms. The SMILES string of the molecule is C[C@H]1CC(=O)Nc2ccccc2N1C(=O)COC(=O)c1ccc(Br)o1. The lowest BCUT2D eigenvalue weighted by atomic mass is 10.1. The molecule has 1 atom stereocenters. The molecule has 0 bridgehead atoms. The fourth-order valence-electron chi connectivity index (χ4n) is 2.66. The van der Waals surface area contributed by atoms with Crippen LogP contribution in [0.5, 0.6) is 0 Å². The van der Waals surface area contributed by atoms with Gasteiger partial charge in [0.25, 0.3) is 5.91 Å². The smallest absolute Gasteiger partial charge is 0.374 e. The summed E-state index contributed by atoms with van der Waals surface area (Å²) in [6.07, 6.45) is 0.152. The summed E-state index contributed by atoms with van der Waals surface area (Å²) in [6.45, 7) is 1.31. The summed E-state index contributed by atoms with van der Waals surface area (Å²) in [7, 11) is 0. The molecule has 1 aromatic heterocycles. The van der Waals surface area contributed by atoms with E-state index in [2.05, 4.69) is 21.2 Å². The standard InChI is InChI=1S/C17H15BrN2O5/c1-10-8-15(21)19-11-4-2-3-5-12(11)20(10)16(22)9-24-17(23)13-6-7-14(18)25-13/h2-7,10H,8-9H2,1H3,(H,19,21)/t10-/m0/s1. The van der Waals surface area contributed by atoms with Gasteiger partial charge in [0.05, 0.1) is 11.4 Å². The van der Waals surface area contributed by atoms with Crippen LogP contribution in [0.2, 0.25) is 0 Å². The van der Waals surface area contributed by atoms with Gasteiger partial charge in [0, 0.05) is 12.5 Å². The van der Waals surface area contributed by atoms with Crippen molar-refractivity contribution in [3.8, 4) is 0 Å². The summed E-state index contributed by atoms with van der Waals surface area (Å²) >= 11 is 3.09. The van der Waals surface area contributed by atoms with Gasteiger partial charge in [-0.3, -0.25) is 9.59 Å². The van der Waals surface area contributed by atoms with Crippen LogP contribution in [0.4, 0.5) is 11.4 Å². The van der Waals surface area contributed by atoms with Crippen LogP contribution in [-0.2, 0) is 14.3 Å². The maximum Gasteiger partial charge on any atom is 0.374 e. The number of carbonyl (C=O) groups is 3. The number of rotatable bonds is 3. The number of hydrogen-bond donors (Lipinski definition) is 1. The zero-order valence-corrected chi connectivity index (χ0v) is 14.9. The minimum atomic E-state index is -0.732. The molecule has 1 aromatic carbocycles. The quantitative estimate of drug-likeness (QED) is 0.791. The third-order valence-corrected chi connectivity index (χ3v) is 4.16. The molecule has 0 saturated heterocycles. The van der Waals surface area contributed by atoms with Gasteiger partial charge in [0.2, 0.25) is 11.7 Å². The Bertz CT molecular complexity index is 832. The number of nitrogens with zero attached hydrogens (tertiary/aromatic N) is 1. The largest absolute Gasteiger partial charge is 0.450 e. The highest BCUT2D eigenvalue weighted by Crippen LogP contribution is 2.31. The predicted octanol–water partition coefficient (Wildman–Crippen LogP) is 2.96. The van der Waals surface area contributed by atoms with Gasteiger partial charge in [0.1, 0.15) is 0 Å². The summed E-state index contributed by atoms with van der Waals surface area (Å²) in [6, 6.07) is 9.64. The Kier molecular flexibility index (Phi) is 4.89. The molecule has 7 nitrogen and oxygen atoms in total. The monoisotopic (exact) mass is 406 g/mol. The molecule has 25 heavy (non-hydrogen) atoms. The number of esters is 1. The van der Waals surface area contributed by atoms with Crippen LogP contribution in [0.25, 0.3) is 0 Å². The number of amides is 2. The average Bonchev–Trinajstić information content (AvgIpc) is 2.95. The van der Waals surface area contributed by atoms with E-state index in [1.807, 2.05) is 0 Å². The highest BCUT2D eigenvalue weighted by atomic mass is 79.9. The third kappa shape index (κ3) is 3.74. The van der Waals surface area contributed by atoms with Crippen LogP contribution in [0.15, 0.2) is 45.5 Å².